The first kappa shape index (κ1) is 22.6. The zero-order valence-electron chi connectivity index (χ0n) is 18.9. The van der Waals surface area contributed by atoms with Crippen molar-refractivity contribution >= 4 is 11.8 Å². The van der Waals surface area contributed by atoms with E-state index in [4.69, 9.17) is 18.9 Å². The van der Waals surface area contributed by atoms with Crippen molar-refractivity contribution in [2.75, 3.05) is 32.8 Å². The van der Waals surface area contributed by atoms with Crippen LogP contribution in [0.5, 0.6) is 5.75 Å². The van der Waals surface area contributed by atoms with E-state index in [1.807, 2.05) is 51.1 Å². The third kappa shape index (κ3) is 5.58. The molecular weight excluding hydrogens is 410 g/mol. The number of nitrogens with zero attached hydrogens (tertiary/aromatic N) is 1. The van der Waals surface area contributed by atoms with E-state index in [0.29, 0.717) is 38.5 Å². The van der Waals surface area contributed by atoms with E-state index in [9.17, 15) is 9.59 Å². The molecule has 1 saturated heterocycles. The van der Waals surface area contributed by atoms with Crippen molar-refractivity contribution in [3.05, 3.63) is 53.8 Å². The van der Waals surface area contributed by atoms with Crippen molar-refractivity contribution in [3.8, 4) is 5.75 Å². The lowest BCUT2D eigenvalue weighted by Gasteiger charge is -2.33. The Kier molecular flexibility index (Phi) is 6.67. The van der Waals surface area contributed by atoms with Gasteiger partial charge in [-0.3, -0.25) is 14.5 Å². The first-order chi connectivity index (χ1) is 15.3. The van der Waals surface area contributed by atoms with Gasteiger partial charge in [0.2, 0.25) is 0 Å². The Morgan fingerprint density at radius 2 is 2.00 bits per heavy atom. The van der Waals surface area contributed by atoms with Crippen LogP contribution in [-0.2, 0) is 23.8 Å². The Balaban J connectivity index is 1.30. The third-order valence-electron chi connectivity index (χ3n) is 5.69. The molecule has 3 atom stereocenters. The second-order valence-corrected chi connectivity index (χ2v) is 9.37. The highest BCUT2D eigenvalue weighted by Gasteiger charge is 2.35. The van der Waals surface area contributed by atoms with E-state index >= 15 is 0 Å². The summed E-state index contributed by atoms with van der Waals surface area (Å²) in [6.07, 6.45) is 5.02. The highest BCUT2D eigenvalue weighted by atomic mass is 16.6. The first-order valence-electron chi connectivity index (χ1n) is 11.1. The van der Waals surface area contributed by atoms with Crippen LogP contribution in [0.4, 0.5) is 0 Å². The molecule has 1 aliphatic carbocycles. The van der Waals surface area contributed by atoms with E-state index in [-0.39, 0.29) is 23.8 Å². The molecule has 32 heavy (non-hydrogen) atoms. The molecule has 172 valence electrons. The molecule has 3 aliphatic rings. The molecule has 1 fully saturated rings. The Bertz CT molecular complexity index is 898. The number of ketones is 1. The van der Waals surface area contributed by atoms with Crippen molar-refractivity contribution < 1.29 is 28.5 Å². The number of allylic oxidation sites excluding steroid dienone is 1. The van der Waals surface area contributed by atoms with Gasteiger partial charge in [0.1, 0.15) is 18.0 Å². The molecule has 0 aromatic heterocycles. The molecule has 7 heteroatoms. The summed E-state index contributed by atoms with van der Waals surface area (Å²) in [5.41, 5.74) is 1.49. The Morgan fingerprint density at radius 1 is 1.22 bits per heavy atom. The quantitative estimate of drug-likeness (QED) is 0.628. The minimum atomic E-state index is -0.598. The lowest BCUT2D eigenvalue weighted by molar-refractivity contribution is -0.155. The number of esters is 1. The molecule has 3 unspecified atom stereocenters. The maximum atomic E-state index is 12.6. The number of carbonyl (C=O) groups is 2. The van der Waals surface area contributed by atoms with Gasteiger partial charge in [0, 0.05) is 25.2 Å². The van der Waals surface area contributed by atoms with Crippen LogP contribution in [-0.4, -0.2) is 61.2 Å². The zero-order valence-corrected chi connectivity index (χ0v) is 18.9. The van der Waals surface area contributed by atoms with Crippen LogP contribution in [0.1, 0.15) is 38.9 Å². The van der Waals surface area contributed by atoms with E-state index in [1.54, 1.807) is 12.3 Å². The molecule has 7 nitrogen and oxygen atoms in total. The molecule has 0 amide bonds. The second-order valence-electron chi connectivity index (χ2n) is 9.37. The summed E-state index contributed by atoms with van der Waals surface area (Å²) in [6, 6.07) is 7.68. The van der Waals surface area contributed by atoms with Gasteiger partial charge in [0.25, 0.3) is 0 Å². The lowest BCUT2D eigenvalue weighted by Crippen LogP contribution is -2.40. The van der Waals surface area contributed by atoms with Crippen molar-refractivity contribution in [1.29, 1.82) is 0 Å². The number of hydrogen-bond donors (Lipinski definition) is 0. The monoisotopic (exact) mass is 441 g/mol. The van der Waals surface area contributed by atoms with E-state index in [0.717, 1.165) is 17.7 Å². The van der Waals surface area contributed by atoms with Crippen molar-refractivity contribution in [1.82, 2.24) is 4.90 Å². The van der Waals surface area contributed by atoms with Gasteiger partial charge >= 0.3 is 5.97 Å². The fourth-order valence-corrected chi connectivity index (χ4v) is 4.07. The molecule has 4 rings (SSSR count). The smallest absolute Gasteiger partial charge is 0.307 e. The van der Waals surface area contributed by atoms with Gasteiger partial charge in [-0.25, -0.2) is 0 Å². The normalized spacial score (nSPS) is 25.7. The lowest BCUT2D eigenvalue weighted by atomic mass is 9.89. The van der Waals surface area contributed by atoms with Gasteiger partial charge in [-0.05, 0) is 44.5 Å². The fraction of sp³-hybridized carbons (Fsp3) is 0.520. The molecule has 0 bridgehead atoms. The molecule has 1 aromatic rings. The van der Waals surface area contributed by atoms with E-state index in [1.165, 1.54) is 0 Å². The summed E-state index contributed by atoms with van der Waals surface area (Å²) >= 11 is 0. The summed E-state index contributed by atoms with van der Waals surface area (Å²) in [5.74, 6) is 0.254. The van der Waals surface area contributed by atoms with Gasteiger partial charge < -0.3 is 18.9 Å². The van der Waals surface area contributed by atoms with Crippen LogP contribution in [0.15, 0.2) is 48.3 Å². The maximum Gasteiger partial charge on any atom is 0.307 e. The Morgan fingerprint density at radius 3 is 2.75 bits per heavy atom. The predicted molar refractivity (Wildman–Crippen MR) is 118 cm³/mol. The van der Waals surface area contributed by atoms with Gasteiger partial charge in [-0.1, -0.05) is 18.2 Å². The van der Waals surface area contributed by atoms with Crippen molar-refractivity contribution in [2.24, 2.45) is 5.92 Å². The Hall–Kier alpha value is -2.64. The highest BCUT2D eigenvalue weighted by Crippen LogP contribution is 2.30. The van der Waals surface area contributed by atoms with Gasteiger partial charge in [0.05, 0.1) is 31.3 Å². The molecule has 0 N–H and O–H groups in total. The van der Waals surface area contributed by atoms with Crippen LogP contribution in [0, 0.1) is 5.92 Å². The third-order valence-corrected chi connectivity index (χ3v) is 5.69. The number of rotatable bonds is 6. The summed E-state index contributed by atoms with van der Waals surface area (Å²) in [7, 11) is 0. The molecule has 2 heterocycles. The van der Waals surface area contributed by atoms with Crippen LogP contribution < -0.4 is 4.74 Å². The average molecular weight is 442 g/mol. The summed E-state index contributed by atoms with van der Waals surface area (Å²) in [6.45, 7) is 8.77. The highest BCUT2D eigenvalue weighted by molar-refractivity contribution is 5.92. The molecule has 1 aromatic carbocycles. The number of morpholine rings is 1. The number of ether oxygens (including phenoxy) is 4. The van der Waals surface area contributed by atoms with Crippen molar-refractivity contribution in [3.63, 3.8) is 0 Å². The average Bonchev–Trinajstić information content (AvgIpc) is 3.24. The zero-order chi connectivity index (χ0) is 22.7. The molecule has 2 aliphatic heterocycles. The first-order valence-corrected chi connectivity index (χ1v) is 11.1. The standard InChI is InChI=1S/C25H31NO6/c1-25(2,3)32-23(27)10-11-26-12-13-30-22(14-26)17-4-7-19(8-5-17)31-21-9-6-18-15-29-16-20(18)24(21)28/h4-9,15,20-22H,10-14,16H2,1-3H3. The van der Waals surface area contributed by atoms with Crippen LogP contribution in [0.3, 0.4) is 0 Å². The van der Waals surface area contributed by atoms with Gasteiger partial charge in [0.15, 0.2) is 11.9 Å². The minimum Gasteiger partial charge on any atom is -0.500 e. The summed E-state index contributed by atoms with van der Waals surface area (Å²) in [4.78, 5) is 26.8. The number of fused-ring (bicyclic) bond motifs is 1. The molecular formula is C25H31NO6. The van der Waals surface area contributed by atoms with E-state index in [2.05, 4.69) is 4.90 Å². The molecule has 0 saturated carbocycles. The predicted octanol–water partition coefficient (Wildman–Crippen LogP) is 3.21. The number of carbonyl (C=O) groups excluding carboxylic acids is 2. The summed E-state index contributed by atoms with van der Waals surface area (Å²) in [5, 5.41) is 0. The van der Waals surface area contributed by atoms with Crippen molar-refractivity contribution in [2.45, 2.75) is 45.0 Å². The Labute approximate surface area is 189 Å². The van der Waals surface area contributed by atoms with E-state index < -0.39 is 11.7 Å². The minimum absolute atomic E-state index is 0.0246. The largest absolute Gasteiger partial charge is 0.500 e. The van der Waals surface area contributed by atoms with Crippen LogP contribution in [0.2, 0.25) is 0 Å². The number of hydrogen-bond acceptors (Lipinski definition) is 7. The number of Topliss-reactive ketones (excluding diaryl/α,β-unsaturated/α-hetero) is 1. The second kappa shape index (κ2) is 9.46. The fourth-order valence-electron chi connectivity index (χ4n) is 4.07. The van der Waals surface area contributed by atoms with Gasteiger partial charge in [-0.15, -0.1) is 0 Å². The maximum absolute atomic E-state index is 12.6. The number of benzene rings is 1. The molecule has 0 radical (unpaired) electrons. The van der Waals surface area contributed by atoms with Crippen LogP contribution in [0.25, 0.3) is 0 Å². The SMILES string of the molecule is CC(C)(C)OC(=O)CCN1CCOC(c2ccc(OC3C=CC4=COCC4C3=O)cc2)C1. The van der Waals surface area contributed by atoms with Gasteiger partial charge in [-0.2, -0.15) is 0 Å². The van der Waals surface area contributed by atoms with Crippen LogP contribution >= 0.6 is 0 Å². The topological polar surface area (TPSA) is 74.3 Å². The summed E-state index contributed by atoms with van der Waals surface area (Å²) < 4.78 is 22.5. The molecule has 0 spiro atoms.